The molecule has 0 spiro atoms. The molecule has 108 valence electrons. The van der Waals surface area contributed by atoms with Crippen molar-refractivity contribution in [2.24, 2.45) is 0 Å². The zero-order valence-corrected chi connectivity index (χ0v) is 10.8. The van der Waals surface area contributed by atoms with E-state index in [9.17, 15) is 13.2 Å². The first-order chi connectivity index (χ1) is 9.49. The quantitative estimate of drug-likeness (QED) is 0.918. The second-order valence-corrected chi connectivity index (χ2v) is 4.17. The number of halogens is 3. The van der Waals surface area contributed by atoms with Crippen LogP contribution in [0.5, 0.6) is 11.5 Å². The van der Waals surface area contributed by atoms with E-state index in [0.717, 1.165) is 18.7 Å². The molecule has 0 radical (unpaired) electrons. The zero-order valence-electron chi connectivity index (χ0n) is 10.8. The average Bonchev–Trinajstić information content (AvgIpc) is 2.83. The Morgan fingerprint density at radius 3 is 2.50 bits per heavy atom. The summed E-state index contributed by atoms with van der Waals surface area (Å²) in [6.07, 6.45) is -1.13. The monoisotopic (exact) mass is 285 g/mol. The summed E-state index contributed by atoms with van der Waals surface area (Å²) in [4.78, 5) is 0. The summed E-state index contributed by atoms with van der Waals surface area (Å²) in [5, 5.41) is 7.07. The van der Waals surface area contributed by atoms with E-state index in [1.54, 1.807) is 10.9 Å². The lowest BCUT2D eigenvalue weighted by molar-refractivity contribution is -0.137. The van der Waals surface area contributed by atoms with Crippen LogP contribution in [0.3, 0.4) is 0 Å². The number of nitrogens with one attached hydrogen (secondary N) is 1. The van der Waals surface area contributed by atoms with Crippen LogP contribution in [-0.2, 0) is 12.7 Å². The third kappa shape index (κ3) is 3.74. The maximum Gasteiger partial charge on any atom is 0.416 e. The summed E-state index contributed by atoms with van der Waals surface area (Å²) in [6.45, 7) is 1.45. The van der Waals surface area contributed by atoms with Gasteiger partial charge in [-0.25, -0.2) is 0 Å². The lowest BCUT2D eigenvalue weighted by Gasteiger charge is -2.07. The van der Waals surface area contributed by atoms with Crippen molar-refractivity contribution < 1.29 is 17.9 Å². The van der Waals surface area contributed by atoms with Crippen molar-refractivity contribution in [2.45, 2.75) is 12.7 Å². The molecule has 7 heteroatoms. The van der Waals surface area contributed by atoms with Gasteiger partial charge in [-0.2, -0.15) is 18.3 Å². The fourth-order valence-corrected chi connectivity index (χ4v) is 1.59. The lowest BCUT2D eigenvalue weighted by atomic mass is 10.2. The van der Waals surface area contributed by atoms with Crippen molar-refractivity contribution in [1.29, 1.82) is 0 Å². The molecule has 2 aromatic rings. The van der Waals surface area contributed by atoms with Gasteiger partial charge in [0, 0.05) is 6.54 Å². The van der Waals surface area contributed by atoms with Crippen LogP contribution in [0.2, 0.25) is 0 Å². The molecule has 0 aliphatic carbocycles. The van der Waals surface area contributed by atoms with Gasteiger partial charge in [-0.1, -0.05) is 0 Å². The van der Waals surface area contributed by atoms with Gasteiger partial charge in [0.15, 0.2) is 5.75 Å². The van der Waals surface area contributed by atoms with Crippen LogP contribution in [0.1, 0.15) is 5.56 Å². The van der Waals surface area contributed by atoms with Crippen molar-refractivity contribution in [2.75, 3.05) is 13.6 Å². The highest BCUT2D eigenvalue weighted by Gasteiger charge is 2.30. The number of alkyl halides is 3. The van der Waals surface area contributed by atoms with Crippen LogP contribution in [0.15, 0.2) is 36.7 Å². The van der Waals surface area contributed by atoms with Crippen molar-refractivity contribution in [1.82, 2.24) is 15.1 Å². The van der Waals surface area contributed by atoms with Gasteiger partial charge in [0.25, 0.3) is 0 Å². The molecular weight excluding hydrogens is 271 g/mol. The van der Waals surface area contributed by atoms with Crippen LogP contribution in [0.4, 0.5) is 13.2 Å². The van der Waals surface area contributed by atoms with Crippen molar-refractivity contribution in [3.8, 4) is 11.5 Å². The maximum atomic E-state index is 12.4. The Kier molecular flexibility index (Phi) is 4.29. The van der Waals surface area contributed by atoms with Crippen LogP contribution >= 0.6 is 0 Å². The van der Waals surface area contributed by atoms with E-state index in [4.69, 9.17) is 4.74 Å². The topological polar surface area (TPSA) is 39.1 Å². The molecule has 2 rings (SSSR count). The Morgan fingerprint density at radius 2 is 1.90 bits per heavy atom. The van der Waals surface area contributed by atoms with Gasteiger partial charge < -0.3 is 10.1 Å². The first kappa shape index (κ1) is 14.4. The molecule has 1 aromatic heterocycles. The number of aromatic nitrogens is 2. The van der Waals surface area contributed by atoms with E-state index < -0.39 is 11.7 Å². The molecule has 0 aliphatic heterocycles. The largest absolute Gasteiger partial charge is 0.454 e. The van der Waals surface area contributed by atoms with Crippen molar-refractivity contribution in [3.63, 3.8) is 0 Å². The lowest BCUT2D eigenvalue weighted by Crippen LogP contribution is -2.14. The molecule has 20 heavy (non-hydrogen) atoms. The number of nitrogens with zero attached hydrogens (tertiary/aromatic N) is 2. The van der Waals surface area contributed by atoms with E-state index in [1.165, 1.54) is 18.3 Å². The molecular formula is C13H14F3N3O. The average molecular weight is 285 g/mol. The van der Waals surface area contributed by atoms with Crippen LogP contribution in [-0.4, -0.2) is 23.4 Å². The van der Waals surface area contributed by atoms with E-state index in [1.807, 2.05) is 7.05 Å². The number of likely N-dealkylation sites (N-methyl/N-ethyl adjacent to an activating group) is 1. The van der Waals surface area contributed by atoms with Crippen LogP contribution in [0, 0.1) is 0 Å². The molecule has 1 aromatic carbocycles. The smallest absolute Gasteiger partial charge is 0.416 e. The Hall–Kier alpha value is -2.02. The number of hydrogen-bond acceptors (Lipinski definition) is 3. The minimum Gasteiger partial charge on any atom is -0.454 e. The highest BCUT2D eigenvalue weighted by molar-refractivity contribution is 5.32. The Balaban J connectivity index is 2.01. The standard InChI is InChI=1S/C13H14F3N3O/c1-17-6-7-19-9-12(8-18-19)20-11-4-2-10(3-5-11)13(14,15)16/h2-5,8-9,17H,6-7H2,1H3. The zero-order chi connectivity index (χ0) is 14.6. The summed E-state index contributed by atoms with van der Waals surface area (Å²) < 4.78 is 44.4. The van der Waals surface area contributed by atoms with E-state index >= 15 is 0 Å². The first-order valence-corrected chi connectivity index (χ1v) is 6.01. The maximum absolute atomic E-state index is 12.4. The molecule has 0 saturated carbocycles. The summed E-state index contributed by atoms with van der Waals surface area (Å²) >= 11 is 0. The minimum atomic E-state index is -4.34. The molecule has 0 saturated heterocycles. The summed E-state index contributed by atoms with van der Waals surface area (Å²) in [5.74, 6) is 0.826. The van der Waals surface area contributed by atoms with Crippen molar-refractivity contribution >= 4 is 0 Å². The number of hydrogen-bond donors (Lipinski definition) is 1. The third-order valence-electron chi connectivity index (χ3n) is 2.62. The Bertz CT molecular complexity index is 549. The molecule has 1 heterocycles. The van der Waals surface area contributed by atoms with Crippen LogP contribution in [0.25, 0.3) is 0 Å². The van der Waals surface area contributed by atoms with Crippen LogP contribution < -0.4 is 10.1 Å². The highest BCUT2D eigenvalue weighted by atomic mass is 19.4. The van der Waals surface area contributed by atoms with Crippen molar-refractivity contribution in [3.05, 3.63) is 42.2 Å². The third-order valence-corrected chi connectivity index (χ3v) is 2.62. The van der Waals surface area contributed by atoms with E-state index in [2.05, 4.69) is 10.4 Å². The molecule has 0 amide bonds. The fourth-order valence-electron chi connectivity index (χ4n) is 1.59. The van der Waals surface area contributed by atoms with Gasteiger partial charge in [-0.3, -0.25) is 4.68 Å². The van der Waals surface area contributed by atoms with Gasteiger partial charge in [0.2, 0.25) is 0 Å². The SMILES string of the molecule is CNCCn1cc(Oc2ccc(C(F)(F)F)cc2)cn1. The molecule has 0 aliphatic rings. The Morgan fingerprint density at radius 1 is 1.20 bits per heavy atom. The number of rotatable bonds is 5. The fraction of sp³-hybridized carbons (Fsp3) is 0.308. The molecule has 0 fully saturated rings. The van der Waals surface area contributed by atoms with Gasteiger partial charge >= 0.3 is 6.18 Å². The minimum absolute atomic E-state index is 0.339. The van der Waals surface area contributed by atoms with Gasteiger partial charge in [0.1, 0.15) is 5.75 Å². The van der Waals surface area contributed by atoms with E-state index in [-0.39, 0.29) is 0 Å². The molecule has 0 atom stereocenters. The summed E-state index contributed by atoms with van der Waals surface area (Å²) in [5.41, 5.74) is -0.699. The predicted molar refractivity (Wildman–Crippen MR) is 67.7 cm³/mol. The normalized spacial score (nSPS) is 11.6. The molecule has 0 bridgehead atoms. The Labute approximate surface area is 114 Å². The second-order valence-electron chi connectivity index (χ2n) is 4.17. The number of benzene rings is 1. The summed E-state index contributed by atoms with van der Waals surface area (Å²) in [7, 11) is 1.84. The number of ether oxygens (including phenoxy) is 1. The predicted octanol–water partition coefficient (Wildman–Crippen LogP) is 2.91. The van der Waals surface area contributed by atoms with Gasteiger partial charge in [0.05, 0.1) is 24.5 Å². The van der Waals surface area contributed by atoms with Gasteiger partial charge in [-0.15, -0.1) is 0 Å². The van der Waals surface area contributed by atoms with Gasteiger partial charge in [-0.05, 0) is 31.3 Å². The highest BCUT2D eigenvalue weighted by Crippen LogP contribution is 2.31. The molecule has 0 unspecified atom stereocenters. The molecule has 4 nitrogen and oxygen atoms in total. The molecule has 1 N–H and O–H groups in total. The second kappa shape index (κ2) is 5.96. The first-order valence-electron chi connectivity index (χ1n) is 6.01. The van der Waals surface area contributed by atoms with E-state index in [0.29, 0.717) is 18.0 Å². The summed E-state index contributed by atoms with van der Waals surface area (Å²) in [6, 6.07) is 4.54.